The molecule has 0 amide bonds. The van der Waals surface area contributed by atoms with E-state index in [-0.39, 0.29) is 6.04 Å². The third-order valence-corrected chi connectivity index (χ3v) is 6.34. The molecule has 2 aromatic heterocycles. The molecular weight excluding hydrogens is 406 g/mol. The van der Waals surface area contributed by atoms with E-state index in [0.29, 0.717) is 19.3 Å². The molecule has 0 bridgehead atoms. The van der Waals surface area contributed by atoms with Gasteiger partial charge in [-0.15, -0.1) is 0 Å². The average Bonchev–Trinajstić information content (AvgIpc) is 2.85. The third-order valence-electron chi connectivity index (χ3n) is 6.34. The highest BCUT2D eigenvalue weighted by Crippen LogP contribution is 2.34. The third kappa shape index (κ3) is 4.44. The van der Waals surface area contributed by atoms with Crippen molar-refractivity contribution < 1.29 is 9.94 Å². The summed E-state index contributed by atoms with van der Waals surface area (Å²) in [5.74, 6) is 0.805. The first-order valence-corrected chi connectivity index (χ1v) is 11.3. The fraction of sp³-hybridized carbons (Fsp3) is 0.478. The number of anilines is 3. The predicted octanol–water partition coefficient (Wildman–Crippen LogP) is 3.18. The van der Waals surface area contributed by atoms with Crippen molar-refractivity contribution in [2.45, 2.75) is 44.7 Å². The maximum atomic E-state index is 11.3. The molecule has 32 heavy (non-hydrogen) atoms. The van der Waals surface area contributed by atoms with Gasteiger partial charge in [-0.1, -0.05) is 0 Å². The van der Waals surface area contributed by atoms with E-state index >= 15 is 0 Å². The highest BCUT2D eigenvalue weighted by molar-refractivity contribution is 5.91. The molecule has 0 spiro atoms. The fourth-order valence-corrected chi connectivity index (χ4v) is 4.56. The Kier molecular flexibility index (Phi) is 6.00. The van der Waals surface area contributed by atoms with Gasteiger partial charge in [0.15, 0.2) is 0 Å². The second-order valence-electron chi connectivity index (χ2n) is 8.53. The lowest BCUT2D eigenvalue weighted by molar-refractivity contribution is 0.122. The van der Waals surface area contributed by atoms with Crippen LogP contribution in [0.5, 0.6) is 0 Å². The summed E-state index contributed by atoms with van der Waals surface area (Å²) in [6, 6.07) is 4.44. The van der Waals surface area contributed by atoms with Crippen LogP contribution in [-0.4, -0.2) is 63.5 Å². The number of morpholine rings is 1. The van der Waals surface area contributed by atoms with Gasteiger partial charge in [0.25, 0.3) is 0 Å². The minimum atomic E-state index is 0.0299. The van der Waals surface area contributed by atoms with Crippen LogP contribution in [-0.2, 0) is 4.74 Å². The van der Waals surface area contributed by atoms with Gasteiger partial charge in [-0.2, -0.15) is 0 Å². The van der Waals surface area contributed by atoms with Gasteiger partial charge in [0, 0.05) is 37.2 Å². The van der Waals surface area contributed by atoms with Crippen LogP contribution in [0.3, 0.4) is 0 Å². The van der Waals surface area contributed by atoms with Crippen LogP contribution in [0.2, 0.25) is 0 Å². The number of aryl methyl sites for hydroxylation is 1. The molecule has 2 N–H and O–H groups in total. The smallest absolute Gasteiger partial charge is 0.144 e. The Balaban J connectivity index is 1.32. The van der Waals surface area contributed by atoms with E-state index < -0.39 is 0 Å². The normalized spacial score (nSPS) is 21.5. The largest absolute Gasteiger partial charge is 0.378 e. The SMILES string of the molecule is Cc1cnc(NC2CCC(N(O)c3cc(N4CCOCC4)cc4nccnc34)CC2)cn1. The van der Waals surface area contributed by atoms with Crippen molar-refractivity contribution in [1.29, 1.82) is 0 Å². The Morgan fingerprint density at radius 1 is 1.00 bits per heavy atom. The fourth-order valence-electron chi connectivity index (χ4n) is 4.56. The molecule has 168 valence electrons. The summed E-state index contributed by atoms with van der Waals surface area (Å²) >= 11 is 0. The average molecular weight is 436 g/mol. The molecule has 2 aliphatic rings. The highest BCUT2D eigenvalue weighted by atomic mass is 16.5. The molecule has 1 saturated heterocycles. The molecule has 9 heteroatoms. The Labute approximate surface area is 187 Å². The lowest BCUT2D eigenvalue weighted by Gasteiger charge is -2.35. The van der Waals surface area contributed by atoms with E-state index in [1.807, 2.05) is 13.0 Å². The van der Waals surface area contributed by atoms with Gasteiger partial charge in [-0.3, -0.25) is 25.2 Å². The quantitative estimate of drug-likeness (QED) is 0.585. The number of hydrogen-bond donors (Lipinski definition) is 2. The van der Waals surface area contributed by atoms with Crippen LogP contribution >= 0.6 is 0 Å². The zero-order valence-electron chi connectivity index (χ0n) is 18.3. The van der Waals surface area contributed by atoms with Crippen molar-refractivity contribution in [1.82, 2.24) is 19.9 Å². The van der Waals surface area contributed by atoms with E-state index in [2.05, 4.69) is 36.2 Å². The molecule has 1 aromatic carbocycles. The Hall–Kier alpha value is -3.04. The lowest BCUT2D eigenvalue weighted by atomic mass is 9.90. The van der Waals surface area contributed by atoms with Crippen LogP contribution in [0.15, 0.2) is 36.9 Å². The van der Waals surface area contributed by atoms with Crippen LogP contribution in [0.4, 0.5) is 17.2 Å². The first-order valence-electron chi connectivity index (χ1n) is 11.3. The summed E-state index contributed by atoms with van der Waals surface area (Å²) in [4.78, 5) is 20.0. The predicted molar refractivity (Wildman–Crippen MR) is 123 cm³/mol. The van der Waals surface area contributed by atoms with Crippen molar-refractivity contribution in [2.75, 3.05) is 41.6 Å². The van der Waals surface area contributed by atoms with Crippen molar-refractivity contribution >= 4 is 28.2 Å². The molecule has 1 saturated carbocycles. The van der Waals surface area contributed by atoms with E-state index in [1.54, 1.807) is 24.8 Å². The van der Waals surface area contributed by atoms with E-state index in [1.165, 1.54) is 5.06 Å². The second-order valence-corrected chi connectivity index (χ2v) is 8.53. The van der Waals surface area contributed by atoms with Gasteiger partial charge >= 0.3 is 0 Å². The number of ether oxygens (including phenoxy) is 1. The molecule has 9 nitrogen and oxygen atoms in total. The minimum Gasteiger partial charge on any atom is -0.378 e. The van der Waals surface area contributed by atoms with Crippen LogP contribution in [0.1, 0.15) is 31.4 Å². The van der Waals surface area contributed by atoms with Gasteiger partial charge < -0.3 is 15.0 Å². The maximum absolute atomic E-state index is 11.3. The van der Waals surface area contributed by atoms with Crippen molar-refractivity contribution in [3.05, 3.63) is 42.6 Å². The first kappa shape index (κ1) is 20.8. The number of fused-ring (bicyclic) bond motifs is 1. The summed E-state index contributed by atoms with van der Waals surface area (Å²) in [5, 5.41) is 16.1. The zero-order chi connectivity index (χ0) is 21.9. The Morgan fingerprint density at radius 2 is 1.78 bits per heavy atom. The molecule has 1 aliphatic heterocycles. The van der Waals surface area contributed by atoms with Crippen LogP contribution in [0, 0.1) is 6.92 Å². The number of hydrogen-bond acceptors (Lipinski definition) is 9. The lowest BCUT2D eigenvalue weighted by Crippen LogP contribution is -2.39. The van der Waals surface area contributed by atoms with Crippen LogP contribution in [0.25, 0.3) is 11.0 Å². The number of hydroxylamine groups is 1. The van der Waals surface area contributed by atoms with E-state index in [9.17, 15) is 5.21 Å². The standard InChI is InChI=1S/C23H29N7O2/c1-16-14-27-22(15-26-16)28-17-2-4-18(5-3-17)30(31)21-13-19(29-8-10-32-11-9-29)12-20-23(21)25-7-6-24-20/h6-7,12-15,17-18,31H,2-5,8-11H2,1H3,(H,27,28). The second kappa shape index (κ2) is 9.22. The Bertz CT molecular complexity index is 1050. The van der Waals surface area contributed by atoms with Crippen LogP contribution < -0.4 is 15.3 Å². The molecule has 0 radical (unpaired) electrons. The van der Waals surface area contributed by atoms with Gasteiger partial charge in [0.1, 0.15) is 11.3 Å². The number of aromatic nitrogens is 4. The topological polar surface area (TPSA) is 99.5 Å². The highest BCUT2D eigenvalue weighted by Gasteiger charge is 2.28. The number of nitrogens with zero attached hydrogens (tertiary/aromatic N) is 6. The molecule has 1 aliphatic carbocycles. The van der Waals surface area contributed by atoms with Gasteiger partial charge in [-0.05, 0) is 44.7 Å². The molecule has 2 fully saturated rings. The summed E-state index contributed by atoms with van der Waals surface area (Å²) in [7, 11) is 0. The summed E-state index contributed by atoms with van der Waals surface area (Å²) < 4.78 is 5.50. The first-order chi connectivity index (χ1) is 15.7. The van der Waals surface area contributed by atoms with Gasteiger partial charge in [-0.25, -0.2) is 4.98 Å². The number of nitrogens with one attached hydrogen (secondary N) is 1. The molecular formula is C23H29N7O2. The van der Waals surface area contributed by atoms with E-state index in [4.69, 9.17) is 4.74 Å². The molecule has 3 heterocycles. The molecule has 5 rings (SSSR count). The summed E-state index contributed by atoms with van der Waals surface area (Å²) in [6.45, 7) is 5.00. The summed E-state index contributed by atoms with van der Waals surface area (Å²) in [6.07, 6.45) is 10.6. The van der Waals surface area contributed by atoms with Gasteiger partial charge in [0.05, 0.1) is 48.5 Å². The number of benzene rings is 1. The van der Waals surface area contributed by atoms with Crippen molar-refractivity contribution in [2.24, 2.45) is 0 Å². The number of rotatable bonds is 5. The molecule has 0 atom stereocenters. The maximum Gasteiger partial charge on any atom is 0.144 e. The monoisotopic (exact) mass is 435 g/mol. The van der Waals surface area contributed by atoms with E-state index in [0.717, 1.165) is 72.7 Å². The van der Waals surface area contributed by atoms with Crippen molar-refractivity contribution in [3.8, 4) is 0 Å². The summed E-state index contributed by atoms with van der Waals surface area (Å²) in [5.41, 5.74) is 4.19. The van der Waals surface area contributed by atoms with Gasteiger partial charge in [0.2, 0.25) is 0 Å². The van der Waals surface area contributed by atoms with Crippen molar-refractivity contribution in [3.63, 3.8) is 0 Å². The Morgan fingerprint density at radius 3 is 2.53 bits per heavy atom. The zero-order valence-corrected chi connectivity index (χ0v) is 18.3. The molecule has 3 aromatic rings. The molecule has 0 unspecified atom stereocenters. The minimum absolute atomic E-state index is 0.0299.